The molecule has 0 unspecified atom stereocenters. The Morgan fingerprint density at radius 2 is 2.29 bits per heavy atom. The maximum atomic E-state index is 6.04. The molecule has 0 amide bonds. The van der Waals surface area contributed by atoms with E-state index in [1.807, 2.05) is 24.3 Å². The van der Waals surface area contributed by atoms with Gasteiger partial charge in [0.1, 0.15) is 5.75 Å². The highest BCUT2D eigenvalue weighted by molar-refractivity contribution is 6.32. The van der Waals surface area contributed by atoms with Crippen LogP contribution in [0.5, 0.6) is 5.75 Å². The molecule has 0 heterocycles. The molecule has 0 aliphatic carbocycles. The maximum Gasteiger partial charge on any atom is 0.137 e. The molecule has 14 heavy (non-hydrogen) atoms. The number of benzene rings is 1. The van der Waals surface area contributed by atoms with Crippen LogP contribution >= 0.6 is 11.6 Å². The van der Waals surface area contributed by atoms with Gasteiger partial charge < -0.3 is 4.74 Å². The van der Waals surface area contributed by atoms with Crippen molar-refractivity contribution in [2.75, 3.05) is 6.61 Å². The van der Waals surface area contributed by atoms with Gasteiger partial charge in [-0.1, -0.05) is 30.7 Å². The fourth-order valence-electron chi connectivity index (χ4n) is 1.17. The quantitative estimate of drug-likeness (QED) is 0.671. The van der Waals surface area contributed by atoms with Crippen molar-refractivity contribution in [3.63, 3.8) is 0 Å². The number of allylic oxidation sites excluding steroid dienone is 1. The minimum absolute atomic E-state index is 0.679. The van der Waals surface area contributed by atoms with Gasteiger partial charge in [0.2, 0.25) is 0 Å². The molecule has 0 N–H and O–H groups in total. The topological polar surface area (TPSA) is 9.23 Å². The van der Waals surface area contributed by atoms with Gasteiger partial charge in [-0.3, -0.25) is 0 Å². The summed E-state index contributed by atoms with van der Waals surface area (Å²) in [7, 11) is 0. The van der Waals surface area contributed by atoms with Gasteiger partial charge in [0, 0.05) is 0 Å². The highest BCUT2D eigenvalue weighted by Crippen LogP contribution is 2.25. The van der Waals surface area contributed by atoms with Crippen LogP contribution in [0.15, 0.2) is 30.9 Å². The van der Waals surface area contributed by atoms with Crippen molar-refractivity contribution in [3.8, 4) is 5.75 Å². The Morgan fingerprint density at radius 1 is 1.50 bits per heavy atom. The molecule has 0 saturated heterocycles. The molecule has 2 heteroatoms. The zero-order valence-corrected chi connectivity index (χ0v) is 9.18. The van der Waals surface area contributed by atoms with Crippen LogP contribution in [0.4, 0.5) is 0 Å². The number of halogens is 1. The Kier molecular flexibility index (Phi) is 4.54. The molecule has 0 atom stereocenters. The third-order valence-electron chi connectivity index (χ3n) is 1.84. The van der Waals surface area contributed by atoms with Gasteiger partial charge in [-0.2, -0.15) is 0 Å². The van der Waals surface area contributed by atoms with E-state index >= 15 is 0 Å². The third kappa shape index (κ3) is 3.08. The van der Waals surface area contributed by atoms with E-state index in [4.69, 9.17) is 16.3 Å². The summed E-state index contributed by atoms with van der Waals surface area (Å²) in [4.78, 5) is 0. The summed E-state index contributed by atoms with van der Waals surface area (Å²) >= 11 is 6.04. The summed E-state index contributed by atoms with van der Waals surface area (Å²) in [6.45, 7) is 6.46. The second-order valence-corrected chi connectivity index (χ2v) is 3.51. The maximum absolute atomic E-state index is 6.04. The molecule has 76 valence electrons. The van der Waals surface area contributed by atoms with Crippen LogP contribution in [-0.4, -0.2) is 6.61 Å². The zero-order chi connectivity index (χ0) is 10.4. The Labute approximate surface area is 90.3 Å². The van der Waals surface area contributed by atoms with Crippen molar-refractivity contribution in [3.05, 3.63) is 41.4 Å². The molecule has 0 aliphatic heterocycles. The first-order valence-electron chi connectivity index (χ1n) is 4.80. The Hall–Kier alpha value is -0.950. The van der Waals surface area contributed by atoms with Crippen LogP contribution in [0.2, 0.25) is 5.02 Å². The normalized spacial score (nSPS) is 9.86. The summed E-state index contributed by atoms with van der Waals surface area (Å²) in [5.41, 5.74) is 1.16. The van der Waals surface area contributed by atoms with Crippen LogP contribution in [-0.2, 0) is 6.42 Å². The molecule has 0 radical (unpaired) electrons. The van der Waals surface area contributed by atoms with Gasteiger partial charge >= 0.3 is 0 Å². The molecule has 1 rings (SSSR count). The zero-order valence-electron chi connectivity index (χ0n) is 8.42. The first kappa shape index (κ1) is 11.1. The van der Waals surface area contributed by atoms with E-state index in [2.05, 4.69) is 13.5 Å². The molecule has 1 nitrogen and oxygen atoms in total. The van der Waals surface area contributed by atoms with Gasteiger partial charge in [-0.15, -0.1) is 6.58 Å². The van der Waals surface area contributed by atoms with Crippen molar-refractivity contribution in [1.29, 1.82) is 0 Å². The summed E-state index contributed by atoms with van der Waals surface area (Å²) in [5, 5.41) is 0.679. The highest BCUT2D eigenvalue weighted by Gasteiger charge is 2.01. The molecule has 0 aromatic heterocycles. The number of hydrogen-bond donors (Lipinski definition) is 0. The van der Waals surface area contributed by atoms with Crippen LogP contribution in [0, 0.1) is 0 Å². The molecule has 0 saturated carbocycles. The van der Waals surface area contributed by atoms with Gasteiger partial charge in [-0.25, -0.2) is 0 Å². The second-order valence-electron chi connectivity index (χ2n) is 3.11. The Balaban J connectivity index is 2.73. The van der Waals surface area contributed by atoms with Gasteiger partial charge in [0.25, 0.3) is 0 Å². The van der Waals surface area contributed by atoms with E-state index in [1.165, 1.54) is 0 Å². The van der Waals surface area contributed by atoms with Crippen LogP contribution < -0.4 is 4.74 Å². The average molecular weight is 211 g/mol. The molecule has 1 aromatic rings. The smallest absolute Gasteiger partial charge is 0.137 e. The van der Waals surface area contributed by atoms with Gasteiger partial charge in [0.05, 0.1) is 11.6 Å². The number of ether oxygens (including phenoxy) is 1. The summed E-state index contributed by atoms with van der Waals surface area (Å²) in [6.07, 6.45) is 3.69. The lowest BCUT2D eigenvalue weighted by Gasteiger charge is -2.07. The molecular formula is C12H15ClO. The Bertz CT molecular complexity index is 307. The lowest BCUT2D eigenvalue weighted by molar-refractivity contribution is 0.317. The van der Waals surface area contributed by atoms with Crippen molar-refractivity contribution >= 4 is 11.6 Å². The van der Waals surface area contributed by atoms with Crippen LogP contribution in [0.1, 0.15) is 18.9 Å². The van der Waals surface area contributed by atoms with E-state index in [1.54, 1.807) is 0 Å². The third-order valence-corrected chi connectivity index (χ3v) is 2.13. The van der Waals surface area contributed by atoms with E-state index in [0.717, 1.165) is 24.2 Å². The number of hydrogen-bond acceptors (Lipinski definition) is 1. The first-order valence-corrected chi connectivity index (χ1v) is 5.17. The van der Waals surface area contributed by atoms with E-state index in [0.29, 0.717) is 11.6 Å². The Morgan fingerprint density at radius 3 is 2.86 bits per heavy atom. The monoisotopic (exact) mass is 210 g/mol. The highest BCUT2D eigenvalue weighted by atomic mass is 35.5. The predicted octanol–water partition coefficient (Wildman–Crippen LogP) is 3.86. The summed E-state index contributed by atoms with van der Waals surface area (Å²) < 4.78 is 5.46. The van der Waals surface area contributed by atoms with Crippen molar-refractivity contribution in [1.82, 2.24) is 0 Å². The molecule has 0 aliphatic rings. The summed E-state index contributed by atoms with van der Waals surface area (Å²) in [5.74, 6) is 0.765. The fraction of sp³-hybridized carbons (Fsp3) is 0.333. The molecular weight excluding hydrogens is 196 g/mol. The lowest BCUT2D eigenvalue weighted by atomic mass is 10.1. The van der Waals surface area contributed by atoms with Crippen molar-refractivity contribution < 1.29 is 4.74 Å². The molecule has 0 fully saturated rings. The molecule has 1 aromatic carbocycles. The SMILES string of the molecule is C=CCc1ccc(OCCC)c(Cl)c1. The largest absolute Gasteiger partial charge is 0.492 e. The lowest BCUT2D eigenvalue weighted by Crippen LogP contribution is -1.95. The average Bonchev–Trinajstić information content (AvgIpc) is 2.17. The van der Waals surface area contributed by atoms with Crippen molar-refractivity contribution in [2.45, 2.75) is 19.8 Å². The van der Waals surface area contributed by atoms with E-state index in [9.17, 15) is 0 Å². The minimum Gasteiger partial charge on any atom is -0.492 e. The van der Waals surface area contributed by atoms with Crippen LogP contribution in [0.25, 0.3) is 0 Å². The molecule has 0 spiro atoms. The van der Waals surface area contributed by atoms with E-state index < -0.39 is 0 Å². The first-order chi connectivity index (χ1) is 6.77. The van der Waals surface area contributed by atoms with Gasteiger partial charge in [-0.05, 0) is 30.5 Å². The predicted molar refractivity (Wildman–Crippen MR) is 61.1 cm³/mol. The van der Waals surface area contributed by atoms with E-state index in [-0.39, 0.29) is 0 Å². The summed E-state index contributed by atoms with van der Waals surface area (Å²) in [6, 6.07) is 5.85. The van der Waals surface area contributed by atoms with Gasteiger partial charge in [0.15, 0.2) is 0 Å². The standard InChI is InChI=1S/C12H15ClO/c1-3-5-10-6-7-12(11(13)9-10)14-8-4-2/h3,6-7,9H,1,4-5,8H2,2H3. The molecule has 0 bridgehead atoms. The van der Waals surface area contributed by atoms with Crippen molar-refractivity contribution in [2.24, 2.45) is 0 Å². The fourth-order valence-corrected chi connectivity index (χ4v) is 1.42. The van der Waals surface area contributed by atoms with Crippen LogP contribution in [0.3, 0.4) is 0 Å². The minimum atomic E-state index is 0.679. The number of rotatable bonds is 5. The second kappa shape index (κ2) is 5.71.